The zero-order valence-electron chi connectivity index (χ0n) is 4.23. The van der Waals surface area contributed by atoms with Gasteiger partial charge in [-0.05, 0) is 0 Å². The van der Waals surface area contributed by atoms with Crippen LogP contribution in [0.3, 0.4) is 0 Å². The van der Waals surface area contributed by atoms with Crippen LogP contribution < -0.4 is 9.79 Å². The van der Waals surface area contributed by atoms with Gasteiger partial charge in [0.25, 0.3) is 0 Å². The second-order valence-corrected chi connectivity index (χ2v) is 1.60. The Morgan fingerprint density at radius 2 is 1.00 bits per heavy atom. The molecule has 0 rings (SSSR count). The predicted molar refractivity (Wildman–Crippen MR) is 28.2 cm³/mol. The maximum atomic E-state index is 8.63. The summed E-state index contributed by atoms with van der Waals surface area (Å²) in [6.45, 7) is 0. The first-order valence-corrected chi connectivity index (χ1v) is 3.79. The molecule has 9 heavy (non-hydrogen) atoms. The molecule has 0 amide bonds. The molecule has 9 heteroatoms. The van der Waals surface area contributed by atoms with E-state index >= 15 is 0 Å². The molecule has 0 saturated heterocycles. The third kappa shape index (κ3) is 175. The van der Waals surface area contributed by atoms with Crippen molar-refractivity contribution in [1.82, 2.24) is 0 Å². The van der Waals surface area contributed by atoms with Gasteiger partial charge in [0, 0.05) is 0 Å². The summed E-state index contributed by atoms with van der Waals surface area (Å²) < 4.78 is 17.3. The van der Waals surface area contributed by atoms with E-state index in [-0.39, 0.29) is 48.9 Å². The number of hydrogen-bond acceptors (Lipinski definition) is 4. The summed E-state index contributed by atoms with van der Waals surface area (Å²) in [6.07, 6.45) is 0. The maximum Gasteiger partial charge on any atom is 2.00 e. The summed E-state index contributed by atoms with van der Waals surface area (Å²) in [6, 6.07) is 0. The van der Waals surface area contributed by atoms with Crippen molar-refractivity contribution in [1.29, 1.82) is 0 Å². The number of rotatable bonds is 0. The van der Waals surface area contributed by atoms with Crippen LogP contribution in [0, 0.1) is 0 Å². The Hall–Kier alpha value is 1.87. The summed E-state index contributed by atoms with van der Waals surface area (Å²) in [5, 5.41) is 0. The van der Waals surface area contributed by atoms with Crippen LogP contribution in [0.1, 0.15) is 0 Å². The summed E-state index contributed by atoms with van der Waals surface area (Å²) in [4.78, 5) is 31.4. The van der Waals surface area contributed by atoms with Crippen LogP contribution in [0.4, 0.5) is 0 Å². The number of hydrogen-bond donors (Lipinski definition) is 2. The van der Waals surface area contributed by atoms with Crippen LogP contribution in [0.2, 0.25) is 0 Å². The Morgan fingerprint density at radius 1 is 1.00 bits per heavy atom. The average molecular weight is 299 g/mol. The van der Waals surface area contributed by atoms with Crippen LogP contribution >= 0.6 is 16.5 Å². The second-order valence-electron chi connectivity index (χ2n) is 0.532. The van der Waals surface area contributed by atoms with Gasteiger partial charge in [-0.2, -0.15) is 0 Å². The summed E-state index contributed by atoms with van der Waals surface area (Å²) in [7, 11) is -6.76. The summed E-state index contributed by atoms with van der Waals surface area (Å²) in [5.74, 6) is 0. The summed E-state index contributed by atoms with van der Waals surface area (Å²) >= 11 is 0. The molecule has 0 saturated carbocycles. The van der Waals surface area contributed by atoms with Gasteiger partial charge in [0.15, 0.2) is 0 Å². The van der Waals surface area contributed by atoms with E-state index in [1.165, 1.54) is 0 Å². The monoisotopic (exact) mass is 300 g/mol. The van der Waals surface area contributed by atoms with E-state index in [0.717, 1.165) is 0 Å². The minimum atomic E-state index is -3.38. The topological polar surface area (TPSA) is 121 Å². The molecule has 2 atom stereocenters. The second kappa shape index (κ2) is 12.5. The van der Waals surface area contributed by atoms with Crippen molar-refractivity contribution in [3.63, 3.8) is 0 Å². The zero-order valence-corrected chi connectivity index (χ0v) is 10.7. The van der Waals surface area contributed by atoms with Gasteiger partial charge in [0.05, 0.1) is 0 Å². The van der Waals surface area contributed by atoms with Gasteiger partial charge < -0.3 is 28.7 Å². The summed E-state index contributed by atoms with van der Waals surface area (Å²) in [5.41, 5.74) is 0. The van der Waals surface area contributed by atoms with Crippen LogP contribution in [-0.2, 0) is 9.13 Å². The first-order chi connectivity index (χ1) is 3.46. The van der Waals surface area contributed by atoms with Crippen molar-refractivity contribution in [3.05, 3.63) is 0 Å². The van der Waals surface area contributed by atoms with E-state index in [9.17, 15) is 0 Å². The molecular weight excluding hydrogens is 295 g/mol. The molecule has 2 N–H and O–H groups in total. The molecule has 0 aliphatic carbocycles. The molecule has 2 unspecified atom stereocenters. The van der Waals surface area contributed by atoms with Crippen molar-refractivity contribution in [2.45, 2.75) is 0 Å². The fourth-order valence-electron chi connectivity index (χ4n) is 0. The van der Waals surface area contributed by atoms with Crippen LogP contribution in [-0.4, -0.2) is 58.7 Å². The Morgan fingerprint density at radius 3 is 1.00 bits per heavy atom. The van der Waals surface area contributed by atoms with Gasteiger partial charge in [-0.1, -0.05) is 0 Å². The molecule has 0 aromatic carbocycles. The third-order valence-corrected chi connectivity index (χ3v) is 0. The molecule has 0 fully saturated rings. The van der Waals surface area contributed by atoms with E-state index in [1.807, 2.05) is 0 Å². The standard InChI is InChI=1S/Ba.2H3O3P/c;2*1-4(2)3/h;2*4H,(H2,1,2,3)/q+2;;/p-2. The van der Waals surface area contributed by atoms with Crippen LogP contribution in [0.5, 0.6) is 0 Å². The van der Waals surface area contributed by atoms with Gasteiger partial charge in [-0.3, -0.25) is 0 Å². The Balaban J connectivity index is -0.0000000720. The molecule has 0 spiro atoms. The van der Waals surface area contributed by atoms with Crippen LogP contribution in [0.25, 0.3) is 0 Å². The van der Waals surface area contributed by atoms with Gasteiger partial charge in [0.1, 0.15) is 16.5 Å². The van der Waals surface area contributed by atoms with E-state index < -0.39 is 16.5 Å². The smallest absolute Gasteiger partial charge is 0.781 e. The maximum absolute atomic E-state index is 8.63. The molecule has 0 bridgehead atoms. The molecule has 6 nitrogen and oxygen atoms in total. The molecule has 0 aromatic rings. The Labute approximate surface area is 92.9 Å². The van der Waals surface area contributed by atoms with E-state index in [2.05, 4.69) is 0 Å². The molecule has 0 aromatic heterocycles. The third-order valence-electron chi connectivity index (χ3n) is 0. The van der Waals surface area contributed by atoms with Crippen molar-refractivity contribution in [2.24, 2.45) is 0 Å². The van der Waals surface area contributed by atoms with Crippen molar-refractivity contribution >= 4 is 65.4 Å². The molecule has 0 aliphatic heterocycles. The van der Waals surface area contributed by atoms with Crippen molar-refractivity contribution in [2.75, 3.05) is 0 Å². The first-order valence-electron chi connectivity index (χ1n) is 1.26. The zero-order chi connectivity index (χ0) is 7.15. The fourth-order valence-corrected chi connectivity index (χ4v) is 0. The minimum Gasteiger partial charge on any atom is -0.781 e. The predicted octanol–water partition coefficient (Wildman–Crippen LogP) is -2.92. The largest absolute Gasteiger partial charge is 2.00 e. The molecule has 0 aliphatic rings. The molecule has 52 valence electrons. The SMILES string of the molecule is O=[PH]([O-])O.O=[PH]([O-])O.[Ba+2]. The van der Waals surface area contributed by atoms with E-state index in [1.54, 1.807) is 0 Å². The normalized spacial score (nSPS) is 13.8. The molecular formula is H4BaO6P2. The first kappa shape index (κ1) is 17.1. The molecule has 0 radical (unpaired) electrons. The van der Waals surface area contributed by atoms with Gasteiger partial charge in [-0.25, -0.2) is 0 Å². The molecule has 0 heterocycles. The Kier molecular flexibility index (Phi) is 23.8. The van der Waals surface area contributed by atoms with Gasteiger partial charge in [0.2, 0.25) is 0 Å². The van der Waals surface area contributed by atoms with Gasteiger partial charge in [-0.15, -0.1) is 0 Å². The quantitative estimate of drug-likeness (QED) is 0.365. The van der Waals surface area contributed by atoms with Gasteiger partial charge >= 0.3 is 48.9 Å². The van der Waals surface area contributed by atoms with E-state index in [4.69, 9.17) is 28.7 Å². The fraction of sp³-hybridized carbons (Fsp3) is 0. The van der Waals surface area contributed by atoms with E-state index in [0.29, 0.717) is 0 Å². The Bertz CT molecular complexity index is 69.1. The van der Waals surface area contributed by atoms with Crippen molar-refractivity contribution in [3.8, 4) is 0 Å². The minimum absolute atomic E-state index is 0. The van der Waals surface area contributed by atoms with Crippen molar-refractivity contribution < 1.29 is 28.7 Å². The average Bonchev–Trinajstić information content (AvgIpc) is 1.25. The van der Waals surface area contributed by atoms with Crippen LogP contribution in [0.15, 0.2) is 0 Å².